The van der Waals surface area contributed by atoms with Crippen molar-refractivity contribution >= 4 is 11.8 Å². The standard InChI is InChI=1S/C12H15NO2S/c1-14-11-6-10(9-13)7-12(8-11)15-4-3-5-16-2/h6-8H,3-5H2,1-2H3. The maximum atomic E-state index is 8.83. The van der Waals surface area contributed by atoms with Crippen molar-refractivity contribution in [3.05, 3.63) is 23.8 Å². The molecule has 1 rings (SSSR count). The Morgan fingerprint density at radius 1 is 1.31 bits per heavy atom. The molecule has 0 aliphatic heterocycles. The molecule has 0 bridgehead atoms. The number of hydrogen-bond acceptors (Lipinski definition) is 4. The first-order valence-corrected chi connectivity index (χ1v) is 6.40. The van der Waals surface area contributed by atoms with E-state index < -0.39 is 0 Å². The molecule has 0 fully saturated rings. The first-order valence-electron chi connectivity index (χ1n) is 5.01. The van der Waals surface area contributed by atoms with Crippen LogP contribution in [-0.4, -0.2) is 25.7 Å². The zero-order valence-electron chi connectivity index (χ0n) is 9.53. The molecule has 0 saturated heterocycles. The minimum atomic E-state index is 0.555. The molecule has 0 heterocycles. The lowest BCUT2D eigenvalue weighted by molar-refractivity contribution is 0.316. The monoisotopic (exact) mass is 237 g/mol. The van der Waals surface area contributed by atoms with Crippen LogP contribution in [-0.2, 0) is 0 Å². The van der Waals surface area contributed by atoms with Gasteiger partial charge in [0.1, 0.15) is 11.5 Å². The molecule has 86 valence electrons. The summed E-state index contributed by atoms with van der Waals surface area (Å²) in [6.45, 7) is 0.666. The largest absolute Gasteiger partial charge is 0.497 e. The van der Waals surface area contributed by atoms with E-state index in [1.807, 2.05) is 0 Å². The van der Waals surface area contributed by atoms with Gasteiger partial charge in [0.05, 0.1) is 25.3 Å². The number of rotatable bonds is 6. The van der Waals surface area contributed by atoms with Crippen molar-refractivity contribution in [2.24, 2.45) is 0 Å². The summed E-state index contributed by atoms with van der Waals surface area (Å²) in [5, 5.41) is 8.83. The van der Waals surface area contributed by atoms with Crippen LogP contribution in [0.15, 0.2) is 18.2 Å². The van der Waals surface area contributed by atoms with E-state index in [0.717, 1.165) is 12.2 Å². The van der Waals surface area contributed by atoms with Crippen LogP contribution in [0, 0.1) is 11.3 Å². The lowest BCUT2D eigenvalue weighted by Gasteiger charge is -2.08. The highest BCUT2D eigenvalue weighted by Crippen LogP contribution is 2.22. The van der Waals surface area contributed by atoms with Crippen molar-refractivity contribution in [1.82, 2.24) is 0 Å². The molecule has 0 N–H and O–H groups in total. The van der Waals surface area contributed by atoms with Gasteiger partial charge in [0.15, 0.2) is 0 Å². The van der Waals surface area contributed by atoms with Gasteiger partial charge in [0.2, 0.25) is 0 Å². The van der Waals surface area contributed by atoms with E-state index >= 15 is 0 Å². The molecular weight excluding hydrogens is 222 g/mol. The lowest BCUT2D eigenvalue weighted by Crippen LogP contribution is -1.99. The Hall–Kier alpha value is -1.34. The SMILES string of the molecule is COc1cc(C#N)cc(OCCCSC)c1. The summed E-state index contributed by atoms with van der Waals surface area (Å²) in [5.41, 5.74) is 0.555. The summed E-state index contributed by atoms with van der Waals surface area (Å²) in [6.07, 6.45) is 3.07. The van der Waals surface area contributed by atoms with E-state index in [0.29, 0.717) is 23.7 Å². The van der Waals surface area contributed by atoms with E-state index in [1.54, 1.807) is 37.1 Å². The van der Waals surface area contributed by atoms with Crippen molar-refractivity contribution < 1.29 is 9.47 Å². The van der Waals surface area contributed by atoms with Crippen LogP contribution in [0.2, 0.25) is 0 Å². The van der Waals surface area contributed by atoms with Gasteiger partial charge in [0, 0.05) is 6.07 Å². The minimum Gasteiger partial charge on any atom is -0.497 e. The third-order valence-corrected chi connectivity index (χ3v) is 2.70. The van der Waals surface area contributed by atoms with Gasteiger partial charge >= 0.3 is 0 Å². The van der Waals surface area contributed by atoms with E-state index in [2.05, 4.69) is 12.3 Å². The van der Waals surface area contributed by atoms with Gasteiger partial charge in [-0.05, 0) is 30.6 Å². The van der Waals surface area contributed by atoms with Gasteiger partial charge < -0.3 is 9.47 Å². The fraction of sp³-hybridized carbons (Fsp3) is 0.417. The van der Waals surface area contributed by atoms with E-state index in [4.69, 9.17) is 14.7 Å². The van der Waals surface area contributed by atoms with Gasteiger partial charge in [-0.2, -0.15) is 17.0 Å². The van der Waals surface area contributed by atoms with E-state index in [9.17, 15) is 0 Å². The molecule has 0 unspecified atom stereocenters. The Labute approximate surface area is 100 Å². The Kier molecular flexibility index (Phi) is 5.58. The predicted octanol–water partition coefficient (Wildman–Crippen LogP) is 2.70. The minimum absolute atomic E-state index is 0.555. The predicted molar refractivity (Wildman–Crippen MR) is 66.2 cm³/mol. The molecule has 1 aromatic rings. The fourth-order valence-corrected chi connectivity index (χ4v) is 1.64. The molecule has 16 heavy (non-hydrogen) atoms. The van der Waals surface area contributed by atoms with Crippen molar-refractivity contribution in [3.63, 3.8) is 0 Å². The number of benzene rings is 1. The highest BCUT2D eigenvalue weighted by Gasteiger charge is 2.01. The molecule has 0 aromatic heterocycles. The second-order valence-corrected chi connectivity index (χ2v) is 4.19. The molecule has 0 aliphatic rings. The molecule has 0 atom stereocenters. The smallest absolute Gasteiger partial charge is 0.124 e. The molecule has 0 spiro atoms. The highest BCUT2D eigenvalue weighted by atomic mass is 32.2. The number of nitriles is 1. The molecule has 1 aromatic carbocycles. The quantitative estimate of drug-likeness (QED) is 0.713. The summed E-state index contributed by atoms with van der Waals surface area (Å²) in [5.74, 6) is 2.42. The van der Waals surface area contributed by atoms with Crippen molar-refractivity contribution in [2.45, 2.75) is 6.42 Å². The van der Waals surface area contributed by atoms with Crippen molar-refractivity contribution in [3.8, 4) is 17.6 Å². The summed E-state index contributed by atoms with van der Waals surface area (Å²) in [6, 6.07) is 7.28. The Balaban J connectivity index is 2.61. The van der Waals surface area contributed by atoms with Crippen LogP contribution in [0.1, 0.15) is 12.0 Å². The second kappa shape index (κ2) is 7.02. The Morgan fingerprint density at radius 3 is 2.69 bits per heavy atom. The molecule has 0 saturated carbocycles. The number of methoxy groups -OCH3 is 1. The van der Waals surface area contributed by atoms with Crippen LogP contribution < -0.4 is 9.47 Å². The van der Waals surface area contributed by atoms with Gasteiger partial charge in [-0.25, -0.2) is 0 Å². The van der Waals surface area contributed by atoms with Crippen molar-refractivity contribution in [2.75, 3.05) is 25.7 Å². The second-order valence-electron chi connectivity index (χ2n) is 3.20. The van der Waals surface area contributed by atoms with Crippen LogP contribution >= 0.6 is 11.8 Å². The molecular formula is C12H15NO2S. The van der Waals surface area contributed by atoms with Crippen LogP contribution in [0.3, 0.4) is 0 Å². The summed E-state index contributed by atoms with van der Waals surface area (Å²) in [4.78, 5) is 0. The average Bonchev–Trinajstić information content (AvgIpc) is 2.34. The van der Waals surface area contributed by atoms with Gasteiger partial charge in [-0.3, -0.25) is 0 Å². The first-order chi connectivity index (χ1) is 7.80. The molecule has 3 nitrogen and oxygen atoms in total. The summed E-state index contributed by atoms with van der Waals surface area (Å²) in [7, 11) is 1.58. The molecule has 0 aliphatic carbocycles. The van der Waals surface area contributed by atoms with E-state index in [-0.39, 0.29) is 0 Å². The number of ether oxygens (including phenoxy) is 2. The van der Waals surface area contributed by atoms with Crippen LogP contribution in [0.5, 0.6) is 11.5 Å². The zero-order chi connectivity index (χ0) is 11.8. The fourth-order valence-electron chi connectivity index (χ4n) is 1.23. The number of thioether (sulfide) groups is 1. The third kappa shape index (κ3) is 4.03. The first kappa shape index (κ1) is 12.7. The third-order valence-electron chi connectivity index (χ3n) is 2.01. The summed E-state index contributed by atoms with van der Waals surface area (Å²) >= 11 is 1.80. The van der Waals surface area contributed by atoms with Crippen LogP contribution in [0.4, 0.5) is 0 Å². The number of nitrogens with zero attached hydrogens (tertiary/aromatic N) is 1. The average molecular weight is 237 g/mol. The van der Waals surface area contributed by atoms with Gasteiger partial charge in [0.25, 0.3) is 0 Å². The number of hydrogen-bond donors (Lipinski definition) is 0. The summed E-state index contributed by atoms with van der Waals surface area (Å²) < 4.78 is 10.6. The lowest BCUT2D eigenvalue weighted by atomic mass is 10.2. The van der Waals surface area contributed by atoms with Gasteiger partial charge in [-0.1, -0.05) is 0 Å². The Bertz CT molecular complexity index is 374. The topological polar surface area (TPSA) is 42.2 Å². The van der Waals surface area contributed by atoms with Crippen molar-refractivity contribution in [1.29, 1.82) is 5.26 Å². The Morgan fingerprint density at radius 2 is 2.06 bits per heavy atom. The maximum Gasteiger partial charge on any atom is 0.124 e. The molecule has 0 radical (unpaired) electrons. The highest BCUT2D eigenvalue weighted by molar-refractivity contribution is 7.98. The van der Waals surface area contributed by atoms with E-state index in [1.165, 1.54) is 0 Å². The zero-order valence-corrected chi connectivity index (χ0v) is 10.3. The molecule has 0 amide bonds. The van der Waals surface area contributed by atoms with Crippen LogP contribution in [0.25, 0.3) is 0 Å². The normalized spacial score (nSPS) is 9.56. The molecule has 4 heteroatoms. The van der Waals surface area contributed by atoms with Gasteiger partial charge in [-0.15, -0.1) is 0 Å². The maximum absolute atomic E-state index is 8.83.